The highest BCUT2D eigenvalue weighted by atomic mass is 35.5. The van der Waals surface area contributed by atoms with Crippen LogP contribution < -0.4 is 10.6 Å². The first-order valence-electron chi connectivity index (χ1n) is 2.04. The molecule has 4 N–H and O–H groups in total. The van der Waals surface area contributed by atoms with E-state index in [0.29, 0.717) is 0 Å². The highest BCUT2D eigenvalue weighted by Gasteiger charge is 1.91. The van der Waals surface area contributed by atoms with Gasteiger partial charge in [-0.2, -0.15) is 0 Å². The Labute approximate surface area is 58.5 Å². The zero-order chi connectivity index (χ0) is 6.41. The molecule has 0 heterocycles. The molecule has 0 fully saturated rings. The summed E-state index contributed by atoms with van der Waals surface area (Å²) in [6.45, 7) is -0.850. The molecule has 0 aliphatic heterocycles. The van der Waals surface area contributed by atoms with Crippen molar-refractivity contribution < 1.29 is 15.0 Å². The van der Waals surface area contributed by atoms with Gasteiger partial charge in [0, 0.05) is 0 Å². The Bertz CT molecular complexity index is 71.5. The van der Waals surface area contributed by atoms with Crippen molar-refractivity contribution >= 4 is 18.4 Å². The summed E-state index contributed by atoms with van der Waals surface area (Å²) in [7, 11) is 0. The Morgan fingerprint density at radius 2 is 1.56 bits per heavy atom. The smallest absolute Gasteiger partial charge is 0.318 e. The van der Waals surface area contributed by atoms with Gasteiger partial charge in [0.25, 0.3) is 0 Å². The van der Waals surface area contributed by atoms with E-state index in [4.69, 9.17) is 10.2 Å². The van der Waals surface area contributed by atoms with Crippen LogP contribution in [0.5, 0.6) is 0 Å². The van der Waals surface area contributed by atoms with E-state index in [-0.39, 0.29) is 12.4 Å². The molecule has 6 heteroatoms. The Hall–Kier alpha value is -0.520. The fourth-order valence-corrected chi connectivity index (χ4v) is 0.206. The second-order valence-electron chi connectivity index (χ2n) is 0.999. The third-order valence-corrected chi connectivity index (χ3v) is 0.479. The zero-order valence-corrected chi connectivity index (χ0v) is 5.44. The fraction of sp³-hybridized carbons (Fsp3) is 0.667. The third-order valence-electron chi connectivity index (χ3n) is 0.479. The van der Waals surface area contributed by atoms with Crippen molar-refractivity contribution in [2.75, 3.05) is 13.5 Å². The van der Waals surface area contributed by atoms with Gasteiger partial charge in [-0.05, 0) is 0 Å². The SMILES string of the molecule is Cl.O=C(NCO)NCO. The Kier molecular flexibility index (Phi) is 9.39. The van der Waals surface area contributed by atoms with Crippen LogP contribution in [0.3, 0.4) is 0 Å². The van der Waals surface area contributed by atoms with Crippen molar-refractivity contribution in [3.63, 3.8) is 0 Å². The Morgan fingerprint density at radius 1 is 1.22 bits per heavy atom. The number of halogens is 1. The summed E-state index contributed by atoms with van der Waals surface area (Å²) < 4.78 is 0. The molecule has 9 heavy (non-hydrogen) atoms. The highest BCUT2D eigenvalue weighted by molar-refractivity contribution is 5.85. The monoisotopic (exact) mass is 156 g/mol. The predicted molar refractivity (Wildman–Crippen MR) is 33.1 cm³/mol. The molecule has 0 saturated heterocycles. The average Bonchev–Trinajstić information content (AvgIpc) is 1.68. The number of rotatable bonds is 2. The molecule has 0 aromatic rings. The molecule has 0 unspecified atom stereocenters. The third kappa shape index (κ3) is 7.48. The minimum absolute atomic E-state index is 0. The van der Waals surface area contributed by atoms with Gasteiger partial charge in [0.05, 0.1) is 0 Å². The van der Waals surface area contributed by atoms with Gasteiger partial charge in [0.2, 0.25) is 0 Å². The Balaban J connectivity index is 0. The van der Waals surface area contributed by atoms with E-state index in [1.807, 2.05) is 10.6 Å². The van der Waals surface area contributed by atoms with Crippen LogP contribution in [0.4, 0.5) is 4.79 Å². The summed E-state index contributed by atoms with van der Waals surface area (Å²) >= 11 is 0. The molecule has 0 rings (SSSR count). The molecular weight excluding hydrogens is 147 g/mol. The number of hydrogen-bond acceptors (Lipinski definition) is 3. The molecule has 0 bridgehead atoms. The average molecular weight is 157 g/mol. The van der Waals surface area contributed by atoms with Gasteiger partial charge in [-0.3, -0.25) is 0 Å². The summed E-state index contributed by atoms with van der Waals surface area (Å²) in [5, 5.41) is 20.0. The quantitative estimate of drug-likeness (QED) is 0.372. The van der Waals surface area contributed by atoms with Gasteiger partial charge in [-0.25, -0.2) is 4.79 Å². The molecule has 0 spiro atoms. The first-order chi connectivity index (χ1) is 3.81. The standard InChI is InChI=1S/C3H8N2O3.ClH/c6-1-4-3(8)5-2-7;/h6-7H,1-2H2,(H2,4,5,8);1H. The summed E-state index contributed by atoms with van der Waals surface area (Å²) in [6, 6.07) is -0.588. The molecule has 0 radical (unpaired) electrons. The molecule has 2 amide bonds. The van der Waals surface area contributed by atoms with Crippen LogP contribution in [0.2, 0.25) is 0 Å². The largest absolute Gasteiger partial charge is 0.376 e. The van der Waals surface area contributed by atoms with E-state index >= 15 is 0 Å². The molecule has 0 aromatic heterocycles. The number of aliphatic hydroxyl groups is 2. The van der Waals surface area contributed by atoms with E-state index in [0.717, 1.165) is 0 Å². The number of urea groups is 1. The molecule has 0 atom stereocenters. The number of aliphatic hydroxyl groups excluding tert-OH is 2. The van der Waals surface area contributed by atoms with Crippen LogP contribution in [0, 0.1) is 0 Å². The molecule has 5 nitrogen and oxygen atoms in total. The van der Waals surface area contributed by atoms with Crippen molar-refractivity contribution in [3.8, 4) is 0 Å². The van der Waals surface area contributed by atoms with E-state index in [1.54, 1.807) is 0 Å². The second kappa shape index (κ2) is 7.48. The van der Waals surface area contributed by atoms with Crippen molar-refractivity contribution in [2.45, 2.75) is 0 Å². The maximum Gasteiger partial charge on any atom is 0.318 e. The molecule has 0 saturated carbocycles. The number of hydrogen-bond donors (Lipinski definition) is 4. The van der Waals surface area contributed by atoms with Crippen LogP contribution in [-0.2, 0) is 0 Å². The van der Waals surface area contributed by atoms with Crippen molar-refractivity contribution in [1.82, 2.24) is 10.6 Å². The first-order valence-corrected chi connectivity index (χ1v) is 2.04. The van der Waals surface area contributed by atoms with Gasteiger partial charge >= 0.3 is 6.03 Å². The maximum absolute atomic E-state index is 10.1. The van der Waals surface area contributed by atoms with Gasteiger partial charge in [-0.15, -0.1) is 12.4 Å². The van der Waals surface area contributed by atoms with Gasteiger partial charge in [0.15, 0.2) is 0 Å². The first kappa shape index (κ1) is 11.3. The molecule has 0 aliphatic carbocycles. The van der Waals surface area contributed by atoms with Gasteiger partial charge in [0.1, 0.15) is 13.5 Å². The number of amides is 2. The fourth-order valence-electron chi connectivity index (χ4n) is 0.206. The lowest BCUT2D eigenvalue weighted by Gasteiger charge is -1.98. The zero-order valence-electron chi connectivity index (χ0n) is 4.63. The van der Waals surface area contributed by atoms with Crippen LogP contribution >= 0.6 is 12.4 Å². The Morgan fingerprint density at radius 3 is 1.78 bits per heavy atom. The lowest BCUT2D eigenvalue weighted by atomic mass is 10.9. The van der Waals surface area contributed by atoms with Crippen LogP contribution in [0.25, 0.3) is 0 Å². The van der Waals surface area contributed by atoms with E-state index in [9.17, 15) is 4.79 Å². The maximum atomic E-state index is 10.1. The van der Waals surface area contributed by atoms with Gasteiger partial charge in [-0.1, -0.05) is 0 Å². The summed E-state index contributed by atoms with van der Waals surface area (Å²) in [5.74, 6) is 0. The van der Waals surface area contributed by atoms with Crippen molar-refractivity contribution in [2.24, 2.45) is 0 Å². The second-order valence-corrected chi connectivity index (χ2v) is 0.999. The topological polar surface area (TPSA) is 81.6 Å². The van der Waals surface area contributed by atoms with Crippen LogP contribution in [0.1, 0.15) is 0 Å². The minimum atomic E-state index is -0.588. The van der Waals surface area contributed by atoms with E-state index in [2.05, 4.69) is 0 Å². The lowest BCUT2D eigenvalue weighted by molar-refractivity contribution is 0.201. The summed E-state index contributed by atoms with van der Waals surface area (Å²) in [6.07, 6.45) is 0. The predicted octanol–water partition coefficient (Wildman–Crippen LogP) is -1.39. The number of carbonyl (C=O) groups is 1. The summed E-state index contributed by atoms with van der Waals surface area (Å²) in [5.41, 5.74) is 0. The normalized spacial score (nSPS) is 7.33. The lowest BCUT2D eigenvalue weighted by Crippen LogP contribution is -2.36. The van der Waals surface area contributed by atoms with Crippen molar-refractivity contribution in [1.29, 1.82) is 0 Å². The molecule has 56 valence electrons. The van der Waals surface area contributed by atoms with Crippen LogP contribution in [-0.4, -0.2) is 29.7 Å². The molecular formula is C3H9ClN2O3. The van der Waals surface area contributed by atoms with E-state index in [1.165, 1.54) is 0 Å². The molecule has 0 aliphatic rings. The molecule has 0 aromatic carbocycles. The van der Waals surface area contributed by atoms with Crippen molar-refractivity contribution in [3.05, 3.63) is 0 Å². The highest BCUT2D eigenvalue weighted by Crippen LogP contribution is 1.57. The van der Waals surface area contributed by atoms with Gasteiger partial charge < -0.3 is 20.8 Å². The minimum Gasteiger partial charge on any atom is -0.376 e. The number of carbonyl (C=O) groups excluding carboxylic acids is 1. The number of nitrogens with one attached hydrogen (secondary N) is 2. The van der Waals surface area contributed by atoms with Crippen LogP contribution in [0.15, 0.2) is 0 Å². The van der Waals surface area contributed by atoms with E-state index < -0.39 is 19.5 Å². The summed E-state index contributed by atoms with van der Waals surface area (Å²) in [4.78, 5) is 10.1.